The molecule has 0 unspecified atom stereocenters. The van der Waals surface area contributed by atoms with E-state index in [1.807, 2.05) is 13.1 Å². The Balaban J connectivity index is 2.02. The SMILES string of the molecule is CCn1cc(COc2ccc(N)cc2F)cn1. The smallest absolute Gasteiger partial charge is 0.167 e. The predicted molar refractivity (Wildman–Crippen MR) is 63.0 cm³/mol. The van der Waals surface area contributed by atoms with Crippen molar-refractivity contribution in [1.82, 2.24) is 9.78 Å². The van der Waals surface area contributed by atoms with Crippen molar-refractivity contribution in [2.45, 2.75) is 20.1 Å². The third kappa shape index (κ3) is 2.75. The van der Waals surface area contributed by atoms with Crippen LogP contribution in [0.1, 0.15) is 12.5 Å². The molecule has 90 valence electrons. The molecule has 1 aromatic carbocycles. The van der Waals surface area contributed by atoms with Gasteiger partial charge in [0, 0.05) is 30.1 Å². The highest BCUT2D eigenvalue weighted by atomic mass is 19.1. The van der Waals surface area contributed by atoms with E-state index in [9.17, 15) is 4.39 Å². The number of rotatable bonds is 4. The molecule has 0 saturated carbocycles. The fourth-order valence-corrected chi connectivity index (χ4v) is 1.45. The van der Waals surface area contributed by atoms with Gasteiger partial charge in [-0.05, 0) is 19.1 Å². The maximum absolute atomic E-state index is 13.4. The molecule has 5 heteroatoms. The summed E-state index contributed by atoms with van der Waals surface area (Å²) in [6.07, 6.45) is 3.58. The Labute approximate surface area is 98.8 Å². The lowest BCUT2D eigenvalue weighted by Crippen LogP contribution is -1.98. The molecule has 0 atom stereocenters. The first kappa shape index (κ1) is 11.4. The minimum absolute atomic E-state index is 0.198. The van der Waals surface area contributed by atoms with Crippen LogP contribution in [0.25, 0.3) is 0 Å². The van der Waals surface area contributed by atoms with Gasteiger partial charge in [0.25, 0.3) is 0 Å². The summed E-state index contributed by atoms with van der Waals surface area (Å²) >= 11 is 0. The summed E-state index contributed by atoms with van der Waals surface area (Å²) in [5.41, 5.74) is 6.74. The lowest BCUT2D eigenvalue weighted by atomic mass is 10.3. The Morgan fingerprint density at radius 3 is 2.94 bits per heavy atom. The second-order valence-electron chi connectivity index (χ2n) is 3.68. The van der Waals surface area contributed by atoms with Crippen molar-refractivity contribution < 1.29 is 9.13 Å². The molecule has 17 heavy (non-hydrogen) atoms. The van der Waals surface area contributed by atoms with Crippen LogP contribution in [0.4, 0.5) is 10.1 Å². The molecule has 0 spiro atoms. The molecular formula is C12H14FN3O. The Bertz CT molecular complexity index is 510. The number of aryl methyl sites for hydroxylation is 1. The summed E-state index contributed by atoms with van der Waals surface area (Å²) in [6, 6.07) is 4.37. The fraction of sp³-hybridized carbons (Fsp3) is 0.250. The van der Waals surface area contributed by atoms with Crippen molar-refractivity contribution in [3.05, 3.63) is 42.0 Å². The first-order valence-corrected chi connectivity index (χ1v) is 5.38. The van der Waals surface area contributed by atoms with Crippen LogP contribution in [0.5, 0.6) is 5.75 Å². The Hall–Kier alpha value is -2.04. The second-order valence-corrected chi connectivity index (χ2v) is 3.68. The first-order valence-electron chi connectivity index (χ1n) is 5.38. The van der Waals surface area contributed by atoms with E-state index in [0.29, 0.717) is 12.3 Å². The molecule has 4 nitrogen and oxygen atoms in total. The summed E-state index contributed by atoms with van der Waals surface area (Å²) < 4.78 is 20.5. The minimum Gasteiger partial charge on any atom is -0.486 e. The highest BCUT2D eigenvalue weighted by Crippen LogP contribution is 2.20. The van der Waals surface area contributed by atoms with Crippen molar-refractivity contribution in [2.24, 2.45) is 0 Å². The summed E-state index contributed by atoms with van der Waals surface area (Å²) in [7, 11) is 0. The molecule has 1 aromatic heterocycles. The zero-order valence-corrected chi connectivity index (χ0v) is 9.56. The zero-order chi connectivity index (χ0) is 12.3. The molecule has 0 aliphatic rings. The van der Waals surface area contributed by atoms with E-state index >= 15 is 0 Å². The molecule has 0 aliphatic heterocycles. The number of anilines is 1. The average Bonchev–Trinajstić information content (AvgIpc) is 2.76. The van der Waals surface area contributed by atoms with Gasteiger partial charge >= 0.3 is 0 Å². The fourth-order valence-electron chi connectivity index (χ4n) is 1.45. The summed E-state index contributed by atoms with van der Waals surface area (Å²) in [5.74, 6) is -0.253. The summed E-state index contributed by atoms with van der Waals surface area (Å²) in [5, 5.41) is 4.11. The molecule has 0 radical (unpaired) electrons. The van der Waals surface area contributed by atoms with Gasteiger partial charge in [-0.1, -0.05) is 0 Å². The standard InChI is InChI=1S/C12H14FN3O/c1-2-16-7-9(6-15-16)8-17-12-4-3-10(14)5-11(12)13/h3-7H,2,8,14H2,1H3. The topological polar surface area (TPSA) is 53.1 Å². The molecule has 0 aliphatic carbocycles. The van der Waals surface area contributed by atoms with Gasteiger partial charge in [-0.3, -0.25) is 4.68 Å². The highest BCUT2D eigenvalue weighted by Gasteiger charge is 2.04. The van der Waals surface area contributed by atoms with Crippen molar-refractivity contribution >= 4 is 5.69 Å². The maximum Gasteiger partial charge on any atom is 0.167 e. The van der Waals surface area contributed by atoms with Crippen LogP contribution < -0.4 is 10.5 Å². The van der Waals surface area contributed by atoms with Gasteiger partial charge in [0.2, 0.25) is 0 Å². The third-order valence-electron chi connectivity index (χ3n) is 2.36. The summed E-state index contributed by atoms with van der Waals surface area (Å²) in [6.45, 7) is 3.09. The van der Waals surface area contributed by atoms with Crippen molar-refractivity contribution in [3.63, 3.8) is 0 Å². The van der Waals surface area contributed by atoms with Crippen LogP contribution in [0.3, 0.4) is 0 Å². The summed E-state index contributed by atoms with van der Waals surface area (Å²) in [4.78, 5) is 0. The van der Waals surface area contributed by atoms with E-state index < -0.39 is 5.82 Å². The Morgan fingerprint density at radius 1 is 1.47 bits per heavy atom. The predicted octanol–water partition coefficient (Wildman–Crippen LogP) is 2.20. The van der Waals surface area contributed by atoms with Gasteiger partial charge in [0.05, 0.1) is 6.20 Å². The number of benzene rings is 1. The molecule has 0 fully saturated rings. The first-order chi connectivity index (χ1) is 8.19. The van der Waals surface area contributed by atoms with Gasteiger partial charge in [-0.2, -0.15) is 5.10 Å². The highest BCUT2D eigenvalue weighted by molar-refractivity contribution is 5.42. The van der Waals surface area contributed by atoms with Gasteiger partial charge in [-0.15, -0.1) is 0 Å². The molecule has 2 rings (SSSR count). The van der Waals surface area contributed by atoms with Gasteiger partial charge in [-0.25, -0.2) is 4.39 Å². The van der Waals surface area contributed by atoms with Gasteiger partial charge in [0.1, 0.15) is 6.61 Å². The zero-order valence-electron chi connectivity index (χ0n) is 9.56. The van der Waals surface area contributed by atoms with Crippen LogP contribution in [-0.2, 0) is 13.2 Å². The molecule has 1 heterocycles. The number of aromatic nitrogens is 2. The lowest BCUT2D eigenvalue weighted by molar-refractivity contribution is 0.290. The van der Waals surface area contributed by atoms with Gasteiger partial charge < -0.3 is 10.5 Å². The van der Waals surface area contributed by atoms with Crippen molar-refractivity contribution in [3.8, 4) is 5.75 Å². The Kier molecular flexibility index (Phi) is 3.27. The number of halogens is 1. The number of ether oxygens (including phenoxy) is 1. The number of nitrogens with two attached hydrogens (primary N) is 1. The van der Waals surface area contributed by atoms with E-state index in [1.165, 1.54) is 12.1 Å². The monoisotopic (exact) mass is 235 g/mol. The van der Waals surface area contributed by atoms with Crippen molar-refractivity contribution in [1.29, 1.82) is 0 Å². The largest absolute Gasteiger partial charge is 0.486 e. The van der Waals surface area contributed by atoms with E-state index in [2.05, 4.69) is 5.10 Å². The number of hydrogen-bond acceptors (Lipinski definition) is 3. The molecule has 0 amide bonds. The maximum atomic E-state index is 13.4. The lowest BCUT2D eigenvalue weighted by Gasteiger charge is -2.06. The number of nitrogen functional groups attached to an aromatic ring is 1. The third-order valence-corrected chi connectivity index (χ3v) is 2.36. The quantitative estimate of drug-likeness (QED) is 0.826. The average molecular weight is 235 g/mol. The van der Waals surface area contributed by atoms with E-state index in [0.717, 1.165) is 12.1 Å². The van der Waals surface area contributed by atoms with Crippen LogP contribution in [0, 0.1) is 5.82 Å². The van der Waals surface area contributed by atoms with Crippen molar-refractivity contribution in [2.75, 3.05) is 5.73 Å². The van der Waals surface area contributed by atoms with E-state index in [-0.39, 0.29) is 5.75 Å². The molecular weight excluding hydrogens is 221 g/mol. The van der Waals surface area contributed by atoms with Gasteiger partial charge in [0.15, 0.2) is 11.6 Å². The number of hydrogen-bond donors (Lipinski definition) is 1. The van der Waals surface area contributed by atoms with Crippen LogP contribution in [0.15, 0.2) is 30.6 Å². The molecule has 2 aromatic rings. The number of nitrogens with zero attached hydrogens (tertiary/aromatic N) is 2. The second kappa shape index (κ2) is 4.86. The normalized spacial score (nSPS) is 10.5. The van der Waals surface area contributed by atoms with Crippen LogP contribution in [-0.4, -0.2) is 9.78 Å². The van der Waals surface area contributed by atoms with Crippen LogP contribution in [0.2, 0.25) is 0 Å². The Morgan fingerprint density at radius 2 is 2.29 bits per heavy atom. The molecule has 0 saturated heterocycles. The molecule has 2 N–H and O–H groups in total. The molecule has 0 bridgehead atoms. The minimum atomic E-state index is -0.451. The van der Waals surface area contributed by atoms with E-state index in [1.54, 1.807) is 16.9 Å². The van der Waals surface area contributed by atoms with Crippen LogP contribution >= 0.6 is 0 Å². The van der Waals surface area contributed by atoms with E-state index in [4.69, 9.17) is 10.5 Å².